The van der Waals surface area contributed by atoms with E-state index in [4.69, 9.17) is 9.47 Å². The highest BCUT2D eigenvalue weighted by Crippen LogP contribution is 2.49. The van der Waals surface area contributed by atoms with E-state index >= 15 is 0 Å². The van der Waals surface area contributed by atoms with Crippen LogP contribution in [0.1, 0.15) is 80.1 Å². The average molecular weight is 282 g/mol. The predicted molar refractivity (Wildman–Crippen MR) is 83.7 cm³/mol. The first kappa shape index (κ1) is 16.3. The van der Waals surface area contributed by atoms with Crippen molar-refractivity contribution in [1.82, 2.24) is 0 Å². The van der Waals surface area contributed by atoms with Crippen molar-refractivity contribution >= 4 is 0 Å². The van der Waals surface area contributed by atoms with E-state index in [2.05, 4.69) is 41.5 Å². The lowest BCUT2D eigenvalue weighted by Crippen LogP contribution is -2.40. The molecule has 0 aromatic rings. The van der Waals surface area contributed by atoms with E-state index in [0.29, 0.717) is 16.9 Å². The van der Waals surface area contributed by atoms with Crippen molar-refractivity contribution in [2.75, 3.05) is 6.61 Å². The van der Waals surface area contributed by atoms with E-state index in [1.807, 2.05) is 0 Å². The topological polar surface area (TPSA) is 18.5 Å². The summed E-state index contributed by atoms with van der Waals surface area (Å²) in [6.45, 7) is 15.0. The van der Waals surface area contributed by atoms with Crippen LogP contribution in [0.2, 0.25) is 0 Å². The first-order valence-corrected chi connectivity index (χ1v) is 8.48. The summed E-state index contributed by atoms with van der Waals surface area (Å²) in [5.74, 6) is 0.579. The van der Waals surface area contributed by atoms with E-state index in [9.17, 15) is 0 Å². The lowest BCUT2D eigenvalue weighted by molar-refractivity contribution is -0.197. The molecule has 20 heavy (non-hydrogen) atoms. The first-order chi connectivity index (χ1) is 9.16. The lowest BCUT2D eigenvalue weighted by Gasteiger charge is -2.45. The van der Waals surface area contributed by atoms with Crippen LogP contribution < -0.4 is 0 Å². The summed E-state index contributed by atoms with van der Waals surface area (Å²) in [5, 5.41) is 0. The third-order valence-corrected chi connectivity index (χ3v) is 5.21. The second-order valence-corrected chi connectivity index (χ2v) is 8.87. The van der Waals surface area contributed by atoms with Crippen LogP contribution in [0.15, 0.2) is 0 Å². The van der Waals surface area contributed by atoms with Crippen LogP contribution in [-0.2, 0) is 9.47 Å². The van der Waals surface area contributed by atoms with Gasteiger partial charge in [0.25, 0.3) is 0 Å². The second kappa shape index (κ2) is 5.61. The monoisotopic (exact) mass is 282 g/mol. The fourth-order valence-corrected chi connectivity index (χ4v) is 4.43. The maximum Gasteiger partial charge on any atom is 0.168 e. The standard InChI is InChI=1S/C18H34O2/c1-7-15-12-19-18(20-15)10-8-14(9-11-18)17(5,6)13-16(2,3)4/h14-15H,7-13H2,1-6H3. The van der Waals surface area contributed by atoms with Gasteiger partial charge in [0.15, 0.2) is 5.79 Å². The van der Waals surface area contributed by atoms with Crippen molar-refractivity contribution in [2.24, 2.45) is 16.7 Å². The SMILES string of the molecule is CCC1COC2(CCC(C(C)(C)CC(C)(C)C)CC2)O1. The van der Waals surface area contributed by atoms with Gasteiger partial charge in [0.05, 0.1) is 12.7 Å². The Labute approximate surface area is 125 Å². The zero-order valence-electron chi connectivity index (χ0n) is 14.4. The lowest BCUT2D eigenvalue weighted by atomic mass is 9.64. The van der Waals surface area contributed by atoms with Gasteiger partial charge in [0.2, 0.25) is 0 Å². The minimum Gasteiger partial charge on any atom is -0.347 e. The van der Waals surface area contributed by atoms with Crippen LogP contribution in [0.4, 0.5) is 0 Å². The number of hydrogen-bond donors (Lipinski definition) is 0. The second-order valence-electron chi connectivity index (χ2n) is 8.87. The normalized spacial score (nSPS) is 35.7. The maximum atomic E-state index is 6.18. The van der Waals surface area contributed by atoms with E-state index in [-0.39, 0.29) is 5.79 Å². The fraction of sp³-hybridized carbons (Fsp3) is 1.00. The molecule has 1 spiro atoms. The predicted octanol–water partition coefficient (Wildman–Crippen LogP) is 5.16. The van der Waals surface area contributed by atoms with Crippen molar-refractivity contribution in [1.29, 1.82) is 0 Å². The molecular weight excluding hydrogens is 248 g/mol. The van der Waals surface area contributed by atoms with E-state index in [1.165, 1.54) is 19.3 Å². The zero-order valence-corrected chi connectivity index (χ0v) is 14.4. The smallest absolute Gasteiger partial charge is 0.168 e. The molecule has 2 fully saturated rings. The van der Waals surface area contributed by atoms with E-state index in [0.717, 1.165) is 31.8 Å². The van der Waals surface area contributed by atoms with Crippen LogP contribution >= 0.6 is 0 Å². The molecule has 1 unspecified atom stereocenters. The Hall–Kier alpha value is -0.0800. The van der Waals surface area contributed by atoms with Crippen molar-refractivity contribution in [3.63, 3.8) is 0 Å². The van der Waals surface area contributed by atoms with E-state index < -0.39 is 0 Å². The molecule has 0 bridgehead atoms. The summed E-state index contributed by atoms with van der Waals surface area (Å²) in [4.78, 5) is 0. The molecule has 0 N–H and O–H groups in total. The summed E-state index contributed by atoms with van der Waals surface area (Å²) in [7, 11) is 0. The van der Waals surface area contributed by atoms with Gasteiger partial charge in [-0.25, -0.2) is 0 Å². The maximum absolute atomic E-state index is 6.18. The molecule has 0 aromatic carbocycles. The molecule has 1 saturated carbocycles. The summed E-state index contributed by atoms with van der Waals surface area (Å²) >= 11 is 0. The molecule has 1 aliphatic carbocycles. The minimum absolute atomic E-state index is 0.227. The molecule has 2 heteroatoms. The van der Waals surface area contributed by atoms with Gasteiger partial charge in [0.1, 0.15) is 0 Å². The highest BCUT2D eigenvalue weighted by Gasteiger charge is 2.46. The molecule has 0 radical (unpaired) electrons. The van der Waals surface area contributed by atoms with Crippen LogP contribution in [0.5, 0.6) is 0 Å². The summed E-state index contributed by atoms with van der Waals surface area (Å²) < 4.78 is 12.2. The number of rotatable bonds is 3. The molecule has 1 aliphatic heterocycles. The van der Waals surface area contributed by atoms with Gasteiger partial charge in [-0.15, -0.1) is 0 Å². The van der Waals surface area contributed by atoms with Gasteiger partial charge < -0.3 is 9.47 Å². The third kappa shape index (κ3) is 3.76. The molecule has 118 valence electrons. The van der Waals surface area contributed by atoms with Crippen LogP contribution in [0.25, 0.3) is 0 Å². The highest BCUT2D eigenvalue weighted by molar-refractivity contribution is 4.91. The van der Waals surface area contributed by atoms with Crippen molar-refractivity contribution in [3.8, 4) is 0 Å². The molecule has 0 amide bonds. The van der Waals surface area contributed by atoms with Gasteiger partial charge in [-0.1, -0.05) is 41.5 Å². The highest BCUT2D eigenvalue weighted by atomic mass is 16.7. The van der Waals surface area contributed by atoms with Gasteiger partial charge in [0, 0.05) is 12.8 Å². The van der Waals surface area contributed by atoms with Crippen LogP contribution in [-0.4, -0.2) is 18.5 Å². The Morgan fingerprint density at radius 3 is 2.10 bits per heavy atom. The summed E-state index contributed by atoms with van der Waals surface area (Å²) in [6.07, 6.45) is 7.36. The van der Waals surface area contributed by atoms with Gasteiger partial charge in [-0.05, 0) is 42.4 Å². The first-order valence-electron chi connectivity index (χ1n) is 8.48. The molecule has 2 aliphatic rings. The Morgan fingerprint density at radius 1 is 1.05 bits per heavy atom. The Balaban J connectivity index is 1.91. The van der Waals surface area contributed by atoms with Gasteiger partial charge in [-0.3, -0.25) is 0 Å². The van der Waals surface area contributed by atoms with Gasteiger partial charge >= 0.3 is 0 Å². The van der Waals surface area contributed by atoms with Gasteiger partial charge in [-0.2, -0.15) is 0 Å². The molecular formula is C18H34O2. The Morgan fingerprint density at radius 2 is 1.65 bits per heavy atom. The number of ether oxygens (including phenoxy) is 2. The molecule has 1 atom stereocenters. The average Bonchev–Trinajstić information content (AvgIpc) is 2.70. The number of hydrogen-bond acceptors (Lipinski definition) is 2. The third-order valence-electron chi connectivity index (χ3n) is 5.21. The van der Waals surface area contributed by atoms with Crippen molar-refractivity contribution in [2.45, 2.75) is 92.0 Å². The molecule has 1 heterocycles. The van der Waals surface area contributed by atoms with Crippen molar-refractivity contribution < 1.29 is 9.47 Å². The fourth-order valence-electron chi connectivity index (χ4n) is 4.43. The molecule has 1 saturated heterocycles. The summed E-state index contributed by atoms with van der Waals surface area (Å²) in [6, 6.07) is 0. The molecule has 2 nitrogen and oxygen atoms in total. The Kier molecular flexibility index (Phi) is 4.57. The van der Waals surface area contributed by atoms with Crippen LogP contribution in [0.3, 0.4) is 0 Å². The Bertz CT molecular complexity index is 319. The van der Waals surface area contributed by atoms with Crippen molar-refractivity contribution in [3.05, 3.63) is 0 Å². The zero-order chi connectivity index (χ0) is 15.0. The quantitative estimate of drug-likeness (QED) is 0.711. The molecule has 0 aromatic heterocycles. The van der Waals surface area contributed by atoms with Crippen LogP contribution in [0, 0.1) is 16.7 Å². The molecule has 2 rings (SSSR count). The largest absolute Gasteiger partial charge is 0.347 e. The minimum atomic E-state index is -0.227. The summed E-state index contributed by atoms with van der Waals surface area (Å²) in [5.41, 5.74) is 0.828. The van der Waals surface area contributed by atoms with E-state index in [1.54, 1.807) is 0 Å².